The van der Waals surface area contributed by atoms with Crippen molar-refractivity contribution < 1.29 is 5.11 Å². The van der Waals surface area contributed by atoms with Gasteiger partial charge in [-0.25, -0.2) is 4.98 Å². The van der Waals surface area contributed by atoms with Gasteiger partial charge < -0.3 is 10.0 Å². The third-order valence-corrected chi connectivity index (χ3v) is 5.48. The van der Waals surface area contributed by atoms with Crippen molar-refractivity contribution in [3.63, 3.8) is 0 Å². The van der Waals surface area contributed by atoms with Crippen LogP contribution in [0.25, 0.3) is 16.8 Å². The molecule has 0 amide bonds. The van der Waals surface area contributed by atoms with Crippen molar-refractivity contribution in [2.75, 3.05) is 6.54 Å². The molecule has 0 saturated carbocycles. The maximum absolute atomic E-state index is 10.6. The van der Waals surface area contributed by atoms with Gasteiger partial charge in [0, 0.05) is 17.5 Å². The van der Waals surface area contributed by atoms with Gasteiger partial charge in [-0.1, -0.05) is 26.0 Å². The Balaban J connectivity index is 1.86. The van der Waals surface area contributed by atoms with Gasteiger partial charge in [0.15, 0.2) is 0 Å². The van der Waals surface area contributed by atoms with E-state index in [4.69, 9.17) is 10.7 Å². The van der Waals surface area contributed by atoms with Crippen molar-refractivity contribution in [3.05, 3.63) is 46.0 Å². The number of aliphatic hydroxyl groups is 1. The zero-order chi connectivity index (χ0) is 18.8. The normalized spacial score (nSPS) is 17.3. The minimum atomic E-state index is -0.196. The first-order chi connectivity index (χ1) is 12.4. The first-order valence-electron chi connectivity index (χ1n) is 8.67. The van der Waals surface area contributed by atoms with Crippen molar-refractivity contribution in [2.45, 2.75) is 33.2 Å². The van der Waals surface area contributed by atoms with Crippen LogP contribution in [0.3, 0.4) is 0 Å². The van der Waals surface area contributed by atoms with Crippen LogP contribution < -0.4 is 0 Å². The first kappa shape index (κ1) is 18.2. The Morgan fingerprint density at radius 2 is 2.04 bits per heavy atom. The summed E-state index contributed by atoms with van der Waals surface area (Å²) in [7, 11) is 0. The summed E-state index contributed by atoms with van der Waals surface area (Å²) in [5, 5.41) is 30.6. The van der Waals surface area contributed by atoms with Crippen molar-refractivity contribution in [1.82, 2.24) is 9.88 Å². The van der Waals surface area contributed by atoms with E-state index in [1.807, 2.05) is 29.3 Å². The summed E-state index contributed by atoms with van der Waals surface area (Å²) in [5.41, 5.74) is 2.85. The van der Waals surface area contributed by atoms with E-state index in [-0.39, 0.29) is 11.8 Å². The summed E-state index contributed by atoms with van der Waals surface area (Å²) in [5.74, 6) is 1.11. The number of rotatable bonds is 5. The molecule has 0 unspecified atom stereocenters. The van der Waals surface area contributed by atoms with Gasteiger partial charge in [0.05, 0.1) is 28.9 Å². The van der Waals surface area contributed by atoms with E-state index in [0.29, 0.717) is 27.9 Å². The number of nitriles is 1. The molecular formula is C20H22N4OS. The molecule has 1 aromatic carbocycles. The fourth-order valence-electron chi connectivity index (χ4n) is 2.97. The summed E-state index contributed by atoms with van der Waals surface area (Å²) < 4.78 is 0. The average molecular weight is 366 g/mol. The number of aliphatic hydroxyl groups excluding tert-OH is 1. The van der Waals surface area contributed by atoms with Crippen LogP contribution in [-0.4, -0.2) is 33.4 Å². The van der Waals surface area contributed by atoms with Crippen LogP contribution in [0.2, 0.25) is 0 Å². The molecule has 0 saturated heterocycles. The zero-order valence-corrected chi connectivity index (χ0v) is 16.0. The second kappa shape index (κ2) is 7.30. The van der Waals surface area contributed by atoms with Crippen LogP contribution in [0.15, 0.2) is 35.4 Å². The second-order valence-corrected chi connectivity index (χ2v) is 7.75. The van der Waals surface area contributed by atoms with Crippen molar-refractivity contribution in [2.24, 2.45) is 5.92 Å². The van der Waals surface area contributed by atoms with E-state index in [1.165, 1.54) is 11.3 Å². The Hall–Kier alpha value is -2.65. The number of aromatic nitrogens is 1. The van der Waals surface area contributed by atoms with E-state index in [1.54, 1.807) is 12.1 Å². The summed E-state index contributed by atoms with van der Waals surface area (Å²) in [4.78, 5) is 6.57. The molecule has 1 aliphatic heterocycles. The van der Waals surface area contributed by atoms with Crippen molar-refractivity contribution in [3.8, 4) is 17.3 Å². The first-order valence-corrected chi connectivity index (χ1v) is 9.55. The van der Waals surface area contributed by atoms with Crippen LogP contribution in [0.1, 0.15) is 37.8 Å². The smallest absolute Gasteiger partial charge is 0.135 e. The fourth-order valence-corrected chi connectivity index (χ4v) is 3.85. The summed E-state index contributed by atoms with van der Waals surface area (Å²) in [6, 6.07) is 9.16. The van der Waals surface area contributed by atoms with Gasteiger partial charge in [-0.15, -0.1) is 11.3 Å². The summed E-state index contributed by atoms with van der Waals surface area (Å²) >= 11 is 1.43. The Morgan fingerprint density at radius 1 is 1.35 bits per heavy atom. The van der Waals surface area contributed by atoms with Crippen LogP contribution in [0.4, 0.5) is 0 Å². The quantitative estimate of drug-likeness (QED) is 0.805. The molecule has 0 bridgehead atoms. The predicted molar refractivity (Wildman–Crippen MR) is 105 cm³/mol. The molecule has 1 atom stereocenters. The van der Waals surface area contributed by atoms with Crippen LogP contribution >= 0.6 is 11.3 Å². The molecule has 0 fully saturated rings. The van der Waals surface area contributed by atoms with Gasteiger partial charge in [0.1, 0.15) is 16.6 Å². The van der Waals surface area contributed by atoms with Gasteiger partial charge in [-0.05, 0) is 31.4 Å². The minimum absolute atomic E-state index is 0.196. The average Bonchev–Trinajstić information content (AvgIpc) is 3.18. The van der Waals surface area contributed by atoms with E-state index in [0.717, 1.165) is 24.2 Å². The third-order valence-electron chi connectivity index (χ3n) is 4.62. The Labute approximate surface area is 157 Å². The van der Waals surface area contributed by atoms with Crippen molar-refractivity contribution >= 4 is 22.7 Å². The molecule has 26 heavy (non-hydrogen) atoms. The lowest BCUT2D eigenvalue weighted by atomic mass is 10.1. The van der Waals surface area contributed by atoms with E-state index >= 15 is 0 Å². The molecule has 6 heteroatoms. The monoisotopic (exact) mass is 366 g/mol. The van der Waals surface area contributed by atoms with Gasteiger partial charge in [0.25, 0.3) is 0 Å². The van der Waals surface area contributed by atoms with Crippen LogP contribution in [0.5, 0.6) is 0 Å². The molecule has 2 aromatic rings. The van der Waals surface area contributed by atoms with E-state index < -0.39 is 0 Å². The molecular weight excluding hydrogens is 344 g/mol. The highest BCUT2D eigenvalue weighted by Crippen LogP contribution is 2.35. The predicted octanol–water partition coefficient (Wildman–Crippen LogP) is 4.68. The Kier molecular flexibility index (Phi) is 5.10. The molecule has 0 aliphatic carbocycles. The summed E-state index contributed by atoms with van der Waals surface area (Å²) in [6.07, 6.45) is 0.974. The third kappa shape index (κ3) is 3.35. The minimum Gasteiger partial charge on any atom is -0.509 e. The maximum Gasteiger partial charge on any atom is 0.135 e. The maximum atomic E-state index is 10.6. The fraction of sp³-hybridized carbons (Fsp3) is 0.350. The molecule has 5 nitrogen and oxygen atoms in total. The lowest BCUT2D eigenvalue weighted by molar-refractivity contribution is 0.275. The topological polar surface area (TPSA) is 84.0 Å². The number of amidine groups is 1. The lowest BCUT2D eigenvalue weighted by Crippen LogP contribution is -2.34. The largest absolute Gasteiger partial charge is 0.509 e. The zero-order valence-electron chi connectivity index (χ0n) is 15.2. The summed E-state index contributed by atoms with van der Waals surface area (Å²) in [6.45, 7) is 6.98. The Bertz CT molecular complexity index is 889. The SMILES string of the molecule is CC(C)CCN1C(=N)C(c2nc(-c3ccc(C#N)cc3)cs2)=C(O)[C@@H]1C. The molecule has 1 aliphatic rings. The number of thiazole rings is 1. The number of nitrogens with zero attached hydrogens (tertiary/aromatic N) is 3. The second-order valence-electron chi connectivity index (χ2n) is 6.89. The van der Waals surface area contributed by atoms with Gasteiger partial charge >= 0.3 is 0 Å². The van der Waals surface area contributed by atoms with Crippen LogP contribution in [0, 0.1) is 22.7 Å². The number of benzene rings is 1. The number of hydrogen-bond acceptors (Lipinski definition) is 5. The standard InChI is InChI=1S/C20H22N4OS/c1-12(2)8-9-24-13(3)18(25)17(19(24)22)20-23-16(11-26-20)15-6-4-14(10-21)5-7-15/h4-7,11-13,22,25H,8-9H2,1-3H3/t13-/m0/s1. The number of nitrogens with one attached hydrogen (secondary N) is 1. The lowest BCUT2D eigenvalue weighted by Gasteiger charge is -2.24. The van der Waals surface area contributed by atoms with Gasteiger partial charge in [0.2, 0.25) is 0 Å². The van der Waals surface area contributed by atoms with Crippen LogP contribution in [-0.2, 0) is 0 Å². The molecule has 134 valence electrons. The molecule has 1 aromatic heterocycles. The molecule has 0 radical (unpaired) electrons. The highest BCUT2D eigenvalue weighted by atomic mass is 32.1. The molecule has 3 rings (SSSR count). The van der Waals surface area contributed by atoms with Crippen molar-refractivity contribution in [1.29, 1.82) is 10.7 Å². The number of hydrogen-bond donors (Lipinski definition) is 2. The Morgan fingerprint density at radius 3 is 2.65 bits per heavy atom. The molecule has 0 spiro atoms. The highest BCUT2D eigenvalue weighted by Gasteiger charge is 2.35. The van der Waals surface area contributed by atoms with E-state index in [9.17, 15) is 5.11 Å². The molecule has 2 heterocycles. The van der Waals surface area contributed by atoms with E-state index in [2.05, 4.69) is 24.9 Å². The highest BCUT2D eigenvalue weighted by molar-refractivity contribution is 7.11. The van der Waals surface area contributed by atoms with Gasteiger partial charge in [-0.2, -0.15) is 5.26 Å². The molecule has 2 N–H and O–H groups in total. The van der Waals surface area contributed by atoms with Gasteiger partial charge in [-0.3, -0.25) is 5.41 Å².